The number of nitrogens with one attached hydrogen (secondary N) is 1. The molecule has 0 fully saturated rings. The van der Waals surface area contributed by atoms with Crippen LogP contribution in [0.15, 0.2) is 61.2 Å². The number of ether oxygens (including phenoxy) is 1. The van der Waals surface area contributed by atoms with Crippen molar-refractivity contribution in [1.82, 2.24) is 10.2 Å². The molecule has 2 rings (SSSR count). The van der Waals surface area contributed by atoms with E-state index in [-0.39, 0.29) is 31.1 Å². The molecule has 1 amide bonds. The van der Waals surface area contributed by atoms with Crippen molar-refractivity contribution in [1.29, 1.82) is 0 Å². The summed E-state index contributed by atoms with van der Waals surface area (Å²) in [5, 5.41) is 24.4. The van der Waals surface area contributed by atoms with Crippen LogP contribution in [0.2, 0.25) is 0 Å². The van der Waals surface area contributed by atoms with Crippen molar-refractivity contribution in [3.63, 3.8) is 0 Å². The Morgan fingerprint density at radius 1 is 1.14 bits per heavy atom. The molecule has 0 saturated carbocycles. The summed E-state index contributed by atoms with van der Waals surface area (Å²) >= 11 is 0. The standard InChI is InChI=1S/C27H36F2N2O4/c1-4-10-35-18-24(11-19(2)3)30-16-26(32)25(14-21-12-22(28)15-23(29)13-21)31(27(33)34)17-20-8-6-5-7-9-20/h4-9,12-13,15,19,24-26,30,32H,1,10-11,14,16-18H2,2-3H3,(H,33,34)/t24-,25+,26-/m1/s1. The first-order valence-corrected chi connectivity index (χ1v) is 11.8. The molecule has 0 unspecified atom stereocenters. The van der Waals surface area contributed by atoms with Gasteiger partial charge in [0.1, 0.15) is 11.6 Å². The third-order valence-electron chi connectivity index (χ3n) is 5.58. The van der Waals surface area contributed by atoms with Crippen LogP contribution in [0, 0.1) is 17.6 Å². The largest absolute Gasteiger partial charge is 0.465 e. The quantitative estimate of drug-likeness (QED) is 0.251. The van der Waals surface area contributed by atoms with Gasteiger partial charge in [-0.1, -0.05) is 50.3 Å². The molecular weight excluding hydrogens is 454 g/mol. The zero-order valence-corrected chi connectivity index (χ0v) is 20.4. The summed E-state index contributed by atoms with van der Waals surface area (Å²) in [5.74, 6) is -1.14. The molecule has 3 atom stereocenters. The fourth-order valence-electron chi connectivity index (χ4n) is 4.03. The van der Waals surface area contributed by atoms with E-state index in [0.29, 0.717) is 19.1 Å². The minimum atomic E-state index is -1.23. The fourth-order valence-corrected chi connectivity index (χ4v) is 4.03. The van der Waals surface area contributed by atoms with Gasteiger partial charge in [0.25, 0.3) is 0 Å². The minimum absolute atomic E-state index is 0.0214. The van der Waals surface area contributed by atoms with Crippen LogP contribution in [0.4, 0.5) is 13.6 Å². The summed E-state index contributed by atoms with van der Waals surface area (Å²) in [5.41, 5.74) is 1.000. The van der Waals surface area contributed by atoms with Crippen molar-refractivity contribution >= 4 is 6.09 Å². The van der Waals surface area contributed by atoms with Gasteiger partial charge in [0.2, 0.25) is 0 Å². The van der Waals surface area contributed by atoms with Crippen LogP contribution >= 0.6 is 0 Å². The Balaban J connectivity index is 2.25. The number of carboxylic acid groups (broad SMARTS) is 1. The van der Waals surface area contributed by atoms with E-state index in [1.165, 1.54) is 0 Å². The summed E-state index contributed by atoms with van der Waals surface area (Å²) in [6.07, 6.45) is 0.0106. The second kappa shape index (κ2) is 14.6. The normalized spacial score (nSPS) is 13.9. The number of hydrogen-bond donors (Lipinski definition) is 3. The van der Waals surface area contributed by atoms with Crippen LogP contribution in [0.25, 0.3) is 0 Å². The number of aliphatic hydroxyl groups is 1. The van der Waals surface area contributed by atoms with Crippen molar-refractivity contribution < 1.29 is 28.5 Å². The zero-order chi connectivity index (χ0) is 25.8. The molecule has 2 aromatic rings. The van der Waals surface area contributed by atoms with Gasteiger partial charge in [0, 0.05) is 25.2 Å². The molecule has 0 aliphatic rings. The molecule has 192 valence electrons. The van der Waals surface area contributed by atoms with Crippen molar-refractivity contribution in [3.8, 4) is 0 Å². The molecule has 0 heterocycles. The fraction of sp³-hybridized carbons (Fsp3) is 0.444. The molecule has 8 heteroatoms. The third kappa shape index (κ3) is 10.1. The van der Waals surface area contributed by atoms with Gasteiger partial charge in [-0.2, -0.15) is 0 Å². The molecule has 0 radical (unpaired) electrons. The smallest absolute Gasteiger partial charge is 0.407 e. The molecule has 3 N–H and O–H groups in total. The summed E-state index contributed by atoms with van der Waals surface area (Å²) in [4.78, 5) is 13.4. The molecule has 0 saturated heterocycles. The number of benzene rings is 2. The molecule has 0 aromatic heterocycles. The first kappa shape index (κ1) is 28.4. The summed E-state index contributed by atoms with van der Waals surface area (Å²) in [7, 11) is 0. The lowest BCUT2D eigenvalue weighted by molar-refractivity contribution is 0.0390. The summed E-state index contributed by atoms with van der Waals surface area (Å²) in [6.45, 7) is 8.70. The van der Waals surface area contributed by atoms with E-state index in [4.69, 9.17) is 4.74 Å². The highest BCUT2D eigenvalue weighted by molar-refractivity contribution is 5.65. The molecule has 0 aliphatic carbocycles. The van der Waals surface area contributed by atoms with Gasteiger partial charge in [0.15, 0.2) is 0 Å². The van der Waals surface area contributed by atoms with Crippen molar-refractivity contribution in [2.24, 2.45) is 5.92 Å². The average Bonchev–Trinajstić information content (AvgIpc) is 2.79. The summed E-state index contributed by atoms with van der Waals surface area (Å²) < 4.78 is 33.3. The van der Waals surface area contributed by atoms with Gasteiger partial charge in [-0.05, 0) is 42.0 Å². The first-order chi connectivity index (χ1) is 16.7. The van der Waals surface area contributed by atoms with Crippen LogP contribution in [0.5, 0.6) is 0 Å². The maximum atomic E-state index is 13.8. The number of rotatable bonds is 15. The van der Waals surface area contributed by atoms with Crippen LogP contribution in [-0.4, -0.2) is 59.2 Å². The van der Waals surface area contributed by atoms with Gasteiger partial charge in [-0.3, -0.25) is 4.90 Å². The van der Waals surface area contributed by atoms with Gasteiger partial charge >= 0.3 is 6.09 Å². The Bertz CT molecular complexity index is 906. The van der Waals surface area contributed by atoms with Crippen LogP contribution < -0.4 is 5.32 Å². The third-order valence-corrected chi connectivity index (χ3v) is 5.58. The van der Waals surface area contributed by atoms with Crippen molar-refractivity contribution in [2.75, 3.05) is 19.8 Å². The number of nitrogens with zero attached hydrogens (tertiary/aromatic N) is 1. The monoisotopic (exact) mass is 490 g/mol. The predicted molar refractivity (Wildman–Crippen MR) is 132 cm³/mol. The number of aliphatic hydroxyl groups excluding tert-OH is 1. The van der Waals surface area contributed by atoms with E-state index in [1.54, 1.807) is 30.3 Å². The molecular formula is C27H36F2N2O4. The maximum absolute atomic E-state index is 13.8. The van der Waals surface area contributed by atoms with Crippen LogP contribution in [0.3, 0.4) is 0 Å². The topological polar surface area (TPSA) is 82.0 Å². The Kier molecular flexibility index (Phi) is 11.8. The van der Waals surface area contributed by atoms with Gasteiger partial charge in [0.05, 0.1) is 25.4 Å². The molecule has 6 nitrogen and oxygen atoms in total. The van der Waals surface area contributed by atoms with E-state index in [0.717, 1.165) is 35.1 Å². The second-order valence-electron chi connectivity index (χ2n) is 9.07. The van der Waals surface area contributed by atoms with E-state index in [1.807, 2.05) is 6.07 Å². The summed E-state index contributed by atoms with van der Waals surface area (Å²) in [6, 6.07) is 11.0. The van der Waals surface area contributed by atoms with E-state index in [9.17, 15) is 23.8 Å². The lowest BCUT2D eigenvalue weighted by atomic mass is 9.98. The van der Waals surface area contributed by atoms with Gasteiger partial charge in [-0.25, -0.2) is 13.6 Å². The Morgan fingerprint density at radius 2 is 1.80 bits per heavy atom. The van der Waals surface area contributed by atoms with E-state index < -0.39 is 29.9 Å². The second-order valence-corrected chi connectivity index (χ2v) is 9.07. The van der Waals surface area contributed by atoms with Gasteiger partial charge in [-0.15, -0.1) is 6.58 Å². The maximum Gasteiger partial charge on any atom is 0.407 e. The van der Waals surface area contributed by atoms with Crippen LogP contribution in [0.1, 0.15) is 31.4 Å². The zero-order valence-electron chi connectivity index (χ0n) is 20.4. The Morgan fingerprint density at radius 3 is 2.37 bits per heavy atom. The first-order valence-electron chi connectivity index (χ1n) is 11.8. The molecule has 0 aliphatic heterocycles. The number of hydrogen-bond acceptors (Lipinski definition) is 4. The Hall–Kier alpha value is -2.81. The number of halogens is 2. The highest BCUT2D eigenvalue weighted by Gasteiger charge is 2.31. The minimum Gasteiger partial charge on any atom is -0.465 e. The number of amides is 1. The lowest BCUT2D eigenvalue weighted by Crippen LogP contribution is -2.52. The molecule has 0 bridgehead atoms. The van der Waals surface area contributed by atoms with Gasteiger partial charge < -0.3 is 20.3 Å². The molecule has 35 heavy (non-hydrogen) atoms. The van der Waals surface area contributed by atoms with Crippen molar-refractivity contribution in [3.05, 3.63) is 83.9 Å². The predicted octanol–water partition coefficient (Wildman–Crippen LogP) is 4.62. The van der Waals surface area contributed by atoms with Crippen molar-refractivity contribution in [2.45, 2.75) is 51.4 Å². The van der Waals surface area contributed by atoms with Crippen LogP contribution in [-0.2, 0) is 17.7 Å². The molecule has 0 spiro atoms. The van der Waals surface area contributed by atoms with E-state index >= 15 is 0 Å². The van der Waals surface area contributed by atoms with E-state index in [2.05, 4.69) is 25.7 Å². The highest BCUT2D eigenvalue weighted by Crippen LogP contribution is 2.19. The average molecular weight is 491 g/mol. The lowest BCUT2D eigenvalue weighted by Gasteiger charge is -2.34. The number of carbonyl (C=O) groups is 1. The molecule has 2 aromatic carbocycles. The highest BCUT2D eigenvalue weighted by atomic mass is 19.1. The SMILES string of the molecule is C=CCOC[C@@H](CC(C)C)NC[C@@H](O)[C@H](Cc1cc(F)cc(F)c1)N(Cc1ccccc1)C(=O)O. The Labute approximate surface area is 206 Å².